The van der Waals surface area contributed by atoms with E-state index in [0.717, 1.165) is 69.2 Å². The van der Waals surface area contributed by atoms with Gasteiger partial charge in [-0.25, -0.2) is 4.98 Å². The van der Waals surface area contributed by atoms with E-state index >= 15 is 0 Å². The fraction of sp³-hybridized carbons (Fsp3) is 0.600. The Hall–Kier alpha value is -2.48. The summed E-state index contributed by atoms with van der Waals surface area (Å²) in [6.07, 6.45) is 11.2. The number of aliphatic hydroxyl groups excluding tert-OH is 1. The van der Waals surface area contributed by atoms with Crippen LogP contribution in [0.4, 0.5) is 5.95 Å². The zero-order chi connectivity index (χ0) is 25.8. The highest BCUT2D eigenvalue weighted by atomic mass is 16.3. The van der Waals surface area contributed by atoms with Crippen LogP contribution in [0.1, 0.15) is 70.4 Å². The van der Waals surface area contributed by atoms with Crippen molar-refractivity contribution < 1.29 is 5.11 Å². The maximum absolute atomic E-state index is 10.1. The zero-order valence-corrected chi connectivity index (χ0v) is 22.9. The monoisotopic (exact) mass is 504 g/mol. The molecule has 0 bridgehead atoms. The molecule has 0 radical (unpaired) electrons. The van der Waals surface area contributed by atoms with E-state index in [4.69, 9.17) is 9.97 Å². The lowest BCUT2D eigenvalue weighted by atomic mass is 9.93. The molecule has 5 rings (SSSR count). The Morgan fingerprint density at radius 3 is 2.59 bits per heavy atom. The largest absolute Gasteiger partial charge is 0.393 e. The van der Waals surface area contributed by atoms with Gasteiger partial charge in [0.25, 0.3) is 0 Å². The van der Waals surface area contributed by atoms with E-state index in [1.54, 1.807) is 0 Å². The van der Waals surface area contributed by atoms with Crippen LogP contribution in [-0.4, -0.2) is 74.8 Å². The van der Waals surface area contributed by atoms with Crippen molar-refractivity contribution in [2.75, 3.05) is 38.5 Å². The summed E-state index contributed by atoms with van der Waals surface area (Å²) in [5.41, 5.74) is 4.76. The Balaban J connectivity index is 1.42. The Bertz CT molecular complexity index is 1150. The molecule has 1 atom stereocenters. The lowest BCUT2D eigenvalue weighted by Crippen LogP contribution is -2.28. The average Bonchev–Trinajstić information content (AvgIpc) is 3.14. The Morgan fingerprint density at radius 1 is 1.05 bits per heavy atom. The molecule has 1 aromatic carbocycles. The lowest BCUT2D eigenvalue weighted by Gasteiger charge is -2.27. The minimum Gasteiger partial charge on any atom is -0.393 e. The van der Waals surface area contributed by atoms with Gasteiger partial charge in [-0.15, -0.1) is 0 Å². The van der Waals surface area contributed by atoms with Crippen molar-refractivity contribution in [2.45, 2.75) is 83.5 Å². The number of hydrogen-bond donors (Lipinski definition) is 2. The van der Waals surface area contributed by atoms with Crippen LogP contribution in [0.2, 0.25) is 0 Å². The first-order valence-corrected chi connectivity index (χ1v) is 14.3. The standard InChI is InChI=1S/C30H44N6O/c1-4-6-22(2)32-30-31-19-27-28(21-36(29(27)33-30)25-11-13-26(37)14-12-25)24-9-7-23(8-10-24)20-35-16-5-15-34(3)17-18-35/h7-10,19,21-22,25-26,37H,4-6,11-18,20H2,1-3H3,(H,31,32,33)/t22-,25?,26?/m0/s1. The van der Waals surface area contributed by atoms with E-state index < -0.39 is 0 Å². The highest BCUT2D eigenvalue weighted by Crippen LogP contribution is 2.37. The number of nitrogens with zero attached hydrogens (tertiary/aromatic N) is 5. The van der Waals surface area contributed by atoms with Crippen LogP contribution >= 0.6 is 0 Å². The van der Waals surface area contributed by atoms with Crippen LogP contribution < -0.4 is 5.32 Å². The number of fused-ring (bicyclic) bond motifs is 1. The Morgan fingerprint density at radius 2 is 1.84 bits per heavy atom. The molecule has 1 saturated carbocycles. The first-order valence-electron chi connectivity index (χ1n) is 14.3. The van der Waals surface area contributed by atoms with E-state index in [2.05, 4.69) is 71.0 Å². The van der Waals surface area contributed by atoms with Crippen molar-refractivity contribution in [2.24, 2.45) is 0 Å². The van der Waals surface area contributed by atoms with Crippen molar-refractivity contribution in [3.63, 3.8) is 0 Å². The summed E-state index contributed by atoms with van der Waals surface area (Å²) < 4.78 is 2.36. The van der Waals surface area contributed by atoms with E-state index in [0.29, 0.717) is 18.0 Å². The van der Waals surface area contributed by atoms with Gasteiger partial charge in [-0.1, -0.05) is 37.6 Å². The number of nitrogens with one attached hydrogen (secondary N) is 1. The van der Waals surface area contributed by atoms with E-state index in [1.807, 2.05) is 6.20 Å². The minimum atomic E-state index is -0.170. The molecule has 0 amide bonds. The van der Waals surface area contributed by atoms with Crippen LogP contribution in [0.3, 0.4) is 0 Å². The third kappa shape index (κ3) is 6.33. The molecule has 3 aromatic rings. The molecule has 1 aliphatic heterocycles. The molecule has 3 heterocycles. The summed E-state index contributed by atoms with van der Waals surface area (Å²) in [5.74, 6) is 0.702. The highest BCUT2D eigenvalue weighted by molar-refractivity contribution is 5.94. The van der Waals surface area contributed by atoms with Gasteiger partial charge in [-0.2, -0.15) is 4.98 Å². The molecule has 7 nitrogen and oxygen atoms in total. The molecule has 2 N–H and O–H groups in total. The van der Waals surface area contributed by atoms with Gasteiger partial charge in [0.2, 0.25) is 5.95 Å². The number of benzene rings is 1. The second kappa shape index (κ2) is 11.9. The molecule has 37 heavy (non-hydrogen) atoms. The second-order valence-electron chi connectivity index (χ2n) is 11.3. The first kappa shape index (κ1) is 26.1. The molecule has 200 valence electrons. The maximum atomic E-state index is 10.1. The summed E-state index contributed by atoms with van der Waals surface area (Å²) in [6, 6.07) is 9.79. The number of aromatic nitrogens is 3. The van der Waals surface area contributed by atoms with Gasteiger partial charge in [0, 0.05) is 55.1 Å². The quantitative estimate of drug-likeness (QED) is 0.433. The molecule has 2 fully saturated rings. The van der Waals surface area contributed by atoms with Gasteiger partial charge < -0.3 is 19.9 Å². The summed E-state index contributed by atoms with van der Waals surface area (Å²) in [4.78, 5) is 14.7. The molecular weight excluding hydrogens is 460 g/mol. The first-order chi connectivity index (χ1) is 18.0. The van der Waals surface area contributed by atoms with Crippen molar-refractivity contribution in [3.8, 4) is 11.1 Å². The van der Waals surface area contributed by atoms with Crippen molar-refractivity contribution in [3.05, 3.63) is 42.2 Å². The Kier molecular flexibility index (Phi) is 8.43. The summed E-state index contributed by atoms with van der Waals surface area (Å²) in [5, 5.41) is 14.7. The van der Waals surface area contributed by atoms with Gasteiger partial charge in [0.1, 0.15) is 5.65 Å². The minimum absolute atomic E-state index is 0.170. The van der Waals surface area contributed by atoms with Crippen molar-refractivity contribution >= 4 is 17.0 Å². The third-order valence-corrected chi connectivity index (χ3v) is 8.21. The van der Waals surface area contributed by atoms with Crippen LogP contribution in [0.25, 0.3) is 22.2 Å². The maximum Gasteiger partial charge on any atom is 0.224 e. The van der Waals surface area contributed by atoms with E-state index in [9.17, 15) is 5.11 Å². The topological polar surface area (TPSA) is 69.5 Å². The SMILES string of the molecule is CCC[C@H](C)Nc1ncc2c(-c3ccc(CN4CCCN(C)CC4)cc3)cn(C3CCC(O)CC3)c2n1. The van der Waals surface area contributed by atoms with Crippen molar-refractivity contribution in [1.29, 1.82) is 0 Å². The molecular formula is C30H44N6O. The molecule has 2 aliphatic rings. The second-order valence-corrected chi connectivity index (χ2v) is 11.3. The zero-order valence-electron chi connectivity index (χ0n) is 22.9. The fourth-order valence-electron chi connectivity index (χ4n) is 5.98. The number of rotatable bonds is 8. The van der Waals surface area contributed by atoms with Crippen LogP contribution in [-0.2, 0) is 6.54 Å². The predicted molar refractivity (Wildman–Crippen MR) is 152 cm³/mol. The molecule has 0 unspecified atom stereocenters. The van der Waals surface area contributed by atoms with Gasteiger partial charge in [0.15, 0.2) is 0 Å². The summed E-state index contributed by atoms with van der Waals surface area (Å²) in [7, 11) is 2.22. The normalized spacial score (nSPS) is 22.7. The van der Waals surface area contributed by atoms with Crippen LogP contribution in [0, 0.1) is 0 Å². The Labute approximate surface area is 221 Å². The van der Waals surface area contributed by atoms with Gasteiger partial charge in [-0.3, -0.25) is 4.90 Å². The smallest absolute Gasteiger partial charge is 0.224 e. The van der Waals surface area contributed by atoms with Crippen LogP contribution in [0.15, 0.2) is 36.7 Å². The van der Waals surface area contributed by atoms with Crippen molar-refractivity contribution in [1.82, 2.24) is 24.3 Å². The highest BCUT2D eigenvalue weighted by Gasteiger charge is 2.24. The summed E-state index contributed by atoms with van der Waals surface area (Å²) >= 11 is 0. The van der Waals surface area contributed by atoms with E-state index in [1.165, 1.54) is 36.2 Å². The number of anilines is 1. The molecule has 0 spiro atoms. The van der Waals surface area contributed by atoms with Crippen LogP contribution in [0.5, 0.6) is 0 Å². The van der Waals surface area contributed by atoms with E-state index in [-0.39, 0.29) is 6.10 Å². The molecule has 1 saturated heterocycles. The van der Waals surface area contributed by atoms with Gasteiger partial charge >= 0.3 is 0 Å². The lowest BCUT2D eigenvalue weighted by molar-refractivity contribution is 0.111. The summed E-state index contributed by atoms with van der Waals surface area (Å²) in [6.45, 7) is 10.0. The number of aliphatic hydroxyl groups is 1. The predicted octanol–water partition coefficient (Wildman–Crippen LogP) is 5.31. The number of likely N-dealkylation sites (N-methyl/N-ethyl adjacent to an activating group) is 1. The third-order valence-electron chi connectivity index (χ3n) is 8.21. The molecule has 2 aromatic heterocycles. The molecule has 7 heteroatoms. The fourth-order valence-corrected chi connectivity index (χ4v) is 5.98. The average molecular weight is 505 g/mol. The number of hydrogen-bond acceptors (Lipinski definition) is 6. The van der Waals surface area contributed by atoms with Gasteiger partial charge in [-0.05, 0) is 76.7 Å². The van der Waals surface area contributed by atoms with Gasteiger partial charge in [0.05, 0.1) is 6.10 Å². The molecule has 1 aliphatic carbocycles.